The van der Waals surface area contributed by atoms with Crippen molar-refractivity contribution in [1.29, 1.82) is 0 Å². The molecule has 0 aliphatic carbocycles. The van der Waals surface area contributed by atoms with E-state index in [9.17, 15) is 0 Å². The molecule has 4 rings (SSSR count). The maximum absolute atomic E-state index is 5.39. The van der Waals surface area contributed by atoms with E-state index in [1.54, 1.807) is 13.3 Å². The molecule has 128 valence electrons. The summed E-state index contributed by atoms with van der Waals surface area (Å²) in [7, 11) is 1.67. The van der Waals surface area contributed by atoms with E-state index in [0.29, 0.717) is 0 Å². The van der Waals surface area contributed by atoms with Gasteiger partial charge in [0.15, 0.2) is 0 Å². The molecule has 0 unspecified atom stereocenters. The first-order valence-electron chi connectivity index (χ1n) is 8.53. The lowest BCUT2D eigenvalue weighted by atomic mass is 10.1. The van der Waals surface area contributed by atoms with Crippen LogP contribution in [0.15, 0.2) is 42.7 Å². The monoisotopic (exact) mass is 335 g/mol. The summed E-state index contributed by atoms with van der Waals surface area (Å²) >= 11 is 0. The maximum atomic E-state index is 5.39. The van der Waals surface area contributed by atoms with Crippen molar-refractivity contribution in [1.82, 2.24) is 19.7 Å². The molecule has 6 heteroatoms. The maximum Gasteiger partial charge on any atom is 0.226 e. The summed E-state index contributed by atoms with van der Waals surface area (Å²) in [5.41, 5.74) is 3.82. The number of hydrogen-bond acceptors (Lipinski definition) is 5. The summed E-state index contributed by atoms with van der Waals surface area (Å²) in [6.45, 7) is 4.07. The van der Waals surface area contributed by atoms with E-state index < -0.39 is 0 Å². The Balaban J connectivity index is 1.84. The first-order chi connectivity index (χ1) is 12.2. The fourth-order valence-electron chi connectivity index (χ4n) is 3.21. The molecule has 0 amide bonds. The van der Waals surface area contributed by atoms with Gasteiger partial charge in [0.2, 0.25) is 5.95 Å². The summed E-state index contributed by atoms with van der Waals surface area (Å²) in [6.07, 6.45) is 6.10. The molecular weight excluding hydrogens is 314 g/mol. The van der Waals surface area contributed by atoms with E-state index in [2.05, 4.69) is 15.0 Å². The van der Waals surface area contributed by atoms with Gasteiger partial charge in [0, 0.05) is 42.8 Å². The third kappa shape index (κ3) is 3.07. The fraction of sp³-hybridized carbons (Fsp3) is 0.316. The van der Waals surface area contributed by atoms with Crippen molar-refractivity contribution in [2.24, 2.45) is 0 Å². The first-order valence-corrected chi connectivity index (χ1v) is 8.53. The van der Waals surface area contributed by atoms with E-state index in [1.165, 1.54) is 12.8 Å². The van der Waals surface area contributed by atoms with Crippen molar-refractivity contribution in [2.45, 2.75) is 19.8 Å². The molecule has 1 aliphatic heterocycles. The second-order valence-corrected chi connectivity index (χ2v) is 6.22. The van der Waals surface area contributed by atoms with Crippen molar-refractivity contribution in [3.8, 4) is 22.7 Å². The van der Waals surface area contributed by atoms with Crippen LogP contribution < -0.4 is 9.64 Å². The number of aromatic nitrogens is 4. The number of rotatable bonds is 4. The molecule has 1 aliphatic rings. The van der Waals surface area contributed by atoms with E-state index in [-0.39, 0.29) is 0 Å². The Bertz CT molecular complexity index is 870. The predicted molar refractivity (Wildman–Crippen MR) is 97.3 cm³/mol. The molecule has 6 nitrogen and oxygen atoms in total. The minimum Gasteiger partial charge on any atom is -0.497 e. The zero-order valence-electron chi connectivity index (χ0n) is 14.5. The van der Waals surface area contributed by atoms with Crippen molar-refractivity contribution >= 4 is 5.95 Å². The summed E-state index contributed by atoms with van der Waals surface area (Å²) in [5.74, 6) is 1.61. The summed E-state index contributed by atoms with van der Waals surface area (Å²) in [4.78, 5) is 11.7. The number of nitrogens with zero attached hydrogens (tertiary/aromatic N) is 5. The molecule has 3 aromatic rings. The Morgan fingerprint density at radius 2 is 1.92 bits per heavy atom. The van der Waals surface area contributed by atoms with Crippen molar-refractivity contribution in [2.75, 3.05) is 25.1 Å². The van der Waals surface area contributed by atoms with Gasteiger partial charge in [0.1, 0.15) is 5.75 Å². The van der Waals surface area contributed by atoms with Crippen LogP contribution in [-0.4, -0.2) is 39.9 Å². The number of methoxy groups -OCH3 is 1. The molecule has 25 heavy (non-hydrogen) atoms. The van der Waals surface area contributed by atoms with Gasteiger partial charge in [0.25, 0.3) is 0 Å². The molecular formula is C19H21N5O. The molecule has 1 aromatic carbocycles. The Labute approximate surface area is 147 Å². The van der Waals surface area contributed by atoms with Gasteiger partial charge in [-0.15, -0.1) is 0 Å². The number of anilines is 1. The van der Waals surface area contributed by atoms with Crippen LogP contribution in [-0.2, 0) is 0 Å². The van der Waals surface area contributed by atoms with Crippen molar-refractivity contribution < 1.29 is 4.74 Å². The highest BCUT2D eigenvalue weighted by Crippen LogP contribution is 2.30. The number of ether oxygens (including phenoxy) is 1. The van der Waals surface area contributed by atoms with Crippen LogP contribution in [0.3, 0.4) is 0 Å². The average molecular weight is 335 g/mol. The summed E-state index contributed by atoms with van der Waals surface area (Å²) < 4.78 is 7.23. The van der Waals surface area contributed by atoms with Gasteiger partial charge in [-0.25, -0.2) is 14.6 Å². The Morgan fingerprint density at radius 3 is 2.64 bits per heavy atom. The van der Waals surface area contributed by atoms with E-state index in [0.717, 1.165) is 47.4 Å². The van der Waals surface area contributed by atoms with Crippen LogP contribution in [0.25, 0.3) is 16.9 Å². The standard InChI is InChI=1S/C19H21N5O/c1-14-12-17(22-19(21-14)23-9-3-4-10-23)16-7-6-15(25-2)13-18(16)24-11-5-8-20-24/h5-8,11-13H,3-4,9-10H2,1-2H3. The van der Waals surface area contributed by atoms with Gasteiger partial charge >= 0.3 is 0 Å². The predicted octanol–water partition coefficient (Wildman–Crippen LogP) is 3.25. The third-order valence-corrected chi connectivity index (χ3v) is 4.46. The number of aryl methyl sites for hydroxylation is 1. The van der Waals surface area contributed by atoms with Crippen LogP contribution in [0.2, 0.25) is 0 Å². The van der Waals surface area contributed by atoms with Crippen LogP contribution in [0.5, 0.6) is 5.75 Å². The van der Waals surface area contributed by atoms with Crippen molar-refractivity contribution in [3.63, 3.8) is 0 Å². The van der Waals surface area contributed by atoms with E-state index in [4.69, 9.17) is 9.72 Å². The highest BCUT2D eigenvalue weighted by Gasteiger charge is 2.18. The van der Waals surface area contributed by atoms with Gasteiger partial charge in [-0.05, 0) is 44.0 Å². The minimum atomic E-state index is 0.791. The van der Waals surface area contributed by atoms with Crippen LogP contribution >= 0.6 is 0 Å². The molecule has 0 saturated carbocycles. The van der Waals surface area contributed by atoms with Gasteiger partial charge in [-0.1, -0.05) is 0 Å². The van der Waals surface area contributed by atoms with Crippen LogP contribution in [0.1, 0.15) is 18.5 Å². The van der Waals surface area contributed by atoms with Gasteiger partial charge in [0.05, 0.1) is 18.5 Å². The molecule has 0 radical (unpaired) electrons. The van der Waals surface area contributed by atoms with Crippen molar-refractivity contribution in [3.05, 3.63) is 48.4 Å². The Hall–Kier alpha value is -2.89. The molecule has 0 atom stereocenters. The van der Waals surface area contributed by atoms with Gasteiger partial charge in [-0.2, -0.15) is 5.10 Å². The molecule has 2 aromatic heterocycles. The normalized spacial score (nSPS) is 14.1. The molecule has 0 N–H and O–H groups in total. The number of benzene rings is 1. The van der Waals surface area contributed by atoms with Gasteiger partial charge in [-0.3, -0.25) is 0 Å². The Kier molecular flexibility index (Phi) is 4.09. The third-order valence-electron chi connectivity index (χ3n) is 4.46. The van der Waals surface area contributed by atoms with E-state index in [1.807, 2.05) is 48.1 Å². The smallest absolute Gasteiger partial charge is 0.226 e. The minimum absolute atomic E-state index is 0.791. The highest BCUT2D eigenvalue weighted by atomic mass is 16.5. The van der Waals surface area contributed by atoms with Gasteiger partial charge < -0.3 is 9.64 Å². The molecule has 3 heterocycles. The second-order valence-electron chi connectivity index (χ2n) is 6.22. The lowest BCUT2D eigenvalue weighted by Gasteiger charge is -2.17. The van der Waals surface area contributed by atoms with E-state index >= 15 is 0 Å². The largest absolute Gasteiger partial charge is 0.497 e. The lowest BCUT2D eigenvalue weighted by Crippen LogP contribution is -2.21. The SMILES string of the molecule is COc1ccc(-c2cc(C)nc(N3CCCC3)n2)c(-n2cccn2)c1. The lowest BCUT2D eigenvalue weighted by molar-refractivity contribution is 0.414. The molecule has 0 spiro atoms. The summed E-state index contributed by atoms with van der Waals surface area (Å²) in [5, 5.41) is 4.38. The number of hydrogen-bond donors (Lipinski definition) is 0. The first kappa shape index (κ1) is 15.6. The zero-order valence-corrected chi connectivity index (χ0v) is 14.5. The fourth-order valence-corrected chi connectivity index (χ4v) is 3.21. The quantitative estimate of drug-likeness (QED) is 0.732. The Morgan fingerprint density at radius 1 is 1.08 bits per heavy atom. The van der Waals surface area contributed by atoms with Crippen LogP contribution in [0, 0.1) is 6.92 Å². The molecule has 1 saturated heterocycles. The zero-order chi connectivity index (χ0) is 17.2. The molecule has 1 fully saturated rings. The highest BCUT2D eigenvalue weighted by molar-refractivity contribution is 5.72. The molecule has 0 bridgehead atoms. The second kappa shape index (κ2) is 6.55. The summed E-state index contributed by atoms with van der Waals surface area (Å²) in [6, 6.07) is 9.90. The average Bonchev–Trinajstić information content (AvgIpc) is 3.34. The van der Waals surface area contributed by atoms with Crippen LogP contribution in [0.4, 0.5) is 5.95 Å². The topological polar surface area (TPSA) is 56.1 Å².